The van der Waals surface area contributed by atoms with Gasteiger partial charge in [-0.2, -0.15) is 0 Å². The largest absolute Gasteiger partial charge is 0.441 e. The molecule has 2 rings (SSSR count). The first-order valence-electron chi connectivity index (χ1n) is 7.32. The van der Waals surface area contributed by atoms with Crippen LogP contribution in [0.25, 0.3) is 11.1 Å². The van der Waals surface area contributed by atoms with E-state index in [1.807, 2.05) is 13.0 Å². The molecule has 0 spiro atoms. The number of benzene rings is 1. The molecular weight excluding hydrogens is 236 g/mol. The summed E-state index contributed by atoms with van der Waals surface area (Å²) >= 11 is 0. The fourth-order valence-electron chi connectivity index (χ4n) is 2.37. The second kappa shape index (κ2) is 6.60. The molecule has 0 saturated carbocycles. The number of unbranched alkanes of at least 4 members (excludes halogenated alkanes) is 3. The van der Waals surface area contributed by atoms with Crippen molar-refractivity contribution in [1.29, 1.82) is 0 Å². The molecule has 0 radical (unpaired) electrons. The highest BCUT2D eigenvalue weighted by Crippen LogP contribution is 2.20. The maximum absolute atomic E-state index is 5.48. The van der Waals surface area contributed by atoms with E-state index in [1.54, 1.807) is 0 Å². The number of rotatable bonds is 7. The number of fused-ring (bicyclic) bond motifs is 1. The normalized spacial score (nSPS) is 12.8. The lowest BCUT2D eigenvalue weighted by Crippen LogP contribution is -2.14. The molecule has 1 unspecified atom stereocenters. The van der Waals surface area contributed by atoms with Crippen LogP contribution < -0.4 is 5.32 Å². The maximum atomic E-state index is 5.48. The molecular formula is C16H24N2O. The molecule has 0 amide bonds. The van der Waals surface area contributed by atoms with Crippen LogP contribution in [-0.2, 0) is 0 Å². The van der Waals surface area contributed by atoms with Crippen molar-refractivity contribution in [2.45, 2.75) is 58.9 Å². The summed E-state index contributed by atoms with van der Waals surface area (Å²) in [6.07, 6.45) is 6.49. The molecule has 1 N–H and O–H groups in total. The molecule has 3 heteroatoms. The molecule has 3 nitrogen and oxygen atoms in total. The Morgan fingerprint density at radius 3 is 2.89 bits per heavy atom. The van der Waals surface area contributed by atoms with Crippen LogP contribution in [0.5, 0.6) is 0 Å². The van der Waals surface area contributed by atoms with E-state index in [-0.39, 0.29) is 0 Å². The third-order valence-corrected chi connectivity index (χ3v) is 3.40. The molecule has 2 aromatic rings. The monoisotopic (exact) mass is 260 g/mol. The van der Waals surface area contributed by atoms with Crippen molar-refractivity contribution in [2.75, 3.05) is 5.32 Å². The lowest BCUT2D eigenvalue weighted by molar-refractivity contribution is 0.561. The Morgan fingerprint density at radius 1 is 1.26 bits per heavy atom. The molecule has 0 saturated heterocycles. The number of anilines is 1. The molecule has 0 fully saturated rings. The van der Waals surface area contributed by atoms with Crippen LogP contribution in [0.3, 0.4) is 0 Å². The van der Waals surface area contributed by atoms with Crippen LogP contribution in [0.15, 0.2) is 22.6 Å². The standard InChI is InChI=1S/C16H24N2O/c1-4-5-6-7-8-12(2)17-14-9-10-16-15(11-14)18-13(3)19-16/h9-12,17H,4-8H2,1-3H3. The summed E-state index contributed by atoms with van der Waals surface area (Å²) in [7, 11) is 0. The number of nitrogens with one attached hydrogen (secondary N) is 1. The van der Waals surface area contributed by atoms with Crippen molar-refractivity contribution >= 4 is 16.8 Å². The van der Waals surface area contributed by atoms with Gasteiger partial charge in [0.25, 0.3) is 0 Å². The fourth-order valence-corrected chi connectivity index (χ4v) is 2.37. The van der Waals surface area contributed by atoms with Gasteiger partial charge in [-0.25, -0.2) is 4.98 Å². The van der Waals surface area contributed by atoms with Crippen molar-refractivity contribution in [3.63, 3.8) is 0 Å². The van der Waals surface area contributed by atoms with Gasteiger partial charge in [-0.3, -0.25) is 0 Å². The first-order valence-corrected chi connectivity index (χ1v) is 7.32. The second-order valence-corrected chi connectivity index (χ2v) is 5.31. The Bertz CT molecular complexity index is 518. The van der Waals surface area contributed by atoms with Gasteiger partial charge in [-0.15, -0.1) is 0 Å². The van der Waals surface area contributed by atoms with Gasteiger partial charge in [0.2, 0.25) is 0 Å². The van der Waals surface area contributed by atoms with Crippen LogP contribution >= 0.6 is 0 Å². The van der Waals surface area contributed by atoms with Gasteiger partial charge in [0.15, 0.2) is 11.5 Å². The average Bonchev–Trinajstić information content (AvgIpc) is 2.74. The first kappa shape index (κ1) is 13.9. The third kappa shape index (κ3) is 3.98. The van der Waals surface area contributed by atoms with Gasteiger partial charge >= 0.3 is 0 Å². The zero-order valence-corrected chi connectivity index (χ0v) is 12.2. The van der Waals surface area contributed by atoms with E-state index < -0.39 is 0 Å². The van der Waals surface area contributed by atoms with Crippen molar-refractivity contribution in [3.8, 4) is 0 Å². The number of hydrogen-bond acceptors (Lipinski definition) is 3. The summed E-state index contributed by atoms with van der Waals surface area (Å²) in [5.74, 6) is 0.722. The van der Waals surface area contributed by atoms with Gasteiger partial charge in [0.05, 0.1) is 0 Å². The molecule has 1 aromatic carbocycles. The molecule has 0 bridgehead atoms. The van der Waals surface area contributed by atoms with Crippen molar-refractivity contribution in [3.05, 3.63) is 24.1 Å². The molecule has 1 aromatic heterocycles. The summed E-state index contributed by atoms with van der Waals surface area (Å²) < 4.78 is 5.48. The number of hydrogen-bond donors (Lipinski definition) is 1. The maximum Gasteiger partial charge on any atom is 0.192 e. The molecule has 1 atom stereocenters. The van der Waals surface area contributed by atoms with Crippen LogP contribution in [0.4, 0.5) is 5.69 Å². The van der Waals surface area contributed by atoms with Crippen molar-refractivity contribution in [2.24, 2.45) is 0 Å². The second-order valence-electron chi connectivity index (χ2n) is 5.31. The predicted octanol–water partition coefficient (Wildman–Crippen LogP) is 4.91. The van der Waals surface area contributed by atoms with Crippen LogP contribution in [-0.4, -0.2) is 11.0 Å². The zero-order valence-electron chi connectivity index (χ0n) is 12.2. The lowest BCUT2D eigenvalue weighted by Gasteiger charge is -2.14. The number of aromatic nitrogens is 1. The van der Waals surface area contributed by atoms with Gasteiger partial charge in [0, 0.05) is 18.7 Å². The summed E-state index contributed by atoms with van der Waals surface area (Å²) in [5, 5.41) is 3.54. The van der Waals surface area contributed by atoms with Crippen molar-refractivity contribution < 1.29 is 4.42 Å². The van der Waals surface area contributed by atoms with Crippen LogP contribution in [0, 0.1) is 6.92 Å². The minimum Gasteiger partial charge on any atom is -0.441 e. The Kier molecular flexibility index (Phi) is 4.83. The van der Waals surface area contributed by atoms with Gasteiger partial charge in [-0.1, -0.05) is 32.6 Å². The van der Waals surface area contributed by atoms with E-state index in [2.05, 4.69) is 36.3 Å². The SMILES string of the molecule is CCCCCCC(C)Nc1ccc2oc(C)nc2c1. The predicted molar refractivity (Wildman–Crippen MR) is 80.6 cm³/mol. The number of aryl methyl sites for hydroxylation is 1. The lowest BCUT2D eigenvalue weighted by atomic mass is 10.1. The molecule has 1 heterocycles. The smallest absolute Gasteiger partial charge is 0.192 e. The first-order chi connectivity index (χ1) is 9.19. The summed E-state index contributed by atoms with van der Waals surface area (Å²) in [5.41, 5.74) is 2.92. The minimum absolute atomic E-state index is 0.502. The van der Waals surface area contributed by atoms with E-state index in [9.17, 15) is 0 Å². The highest BCUT2D eigenvalue weighted by Gasteiger charge is 2.05. The van der Waals surface area contributed by atoms with Gasteiger partial charge in [-0.05, 0) is 31.5 Å². The fraction of sp³-hybridized carbons (Fsp3) is 0.562. The van der Waals surface area contributed by atoms with Crippen molar-refractivity contribution in [1.82, 2.24) is 4.98 Å². The summed E-state index contributed by atoms with van der Waals surface area (Å²) in [6.45, 7) is 6.37. The Hall–Kier alpha value is -1.51. The van der Waals surface area contributed by atoms with Gasteiger partial charge in [0.1, 0.15) is 5.52 Å². The van der Waals surface area contributed by atoms with Crippen LogP contribution in [0.2, 0.25) is 0 Å². The summed E-state index contributed by atoms with van der Waals surface area (Å²) in [6, 6.07) is 6.62. The van der Waals surface area contributed by atoms with E-state index in [0.29, 0.717) is 6.04 Å². The minimum atomic E-state index is 0.502. The average molecular weight is 260 g/mol. The summed E-state index contributed by atoms with van der Waals surface area (Å²) in [4.78, 5) is 4.36. The molecule has 104 valence electrons. The van der Waals surface area contributed by atoms with E-state index in [0.717, 1.165) is 22.7 Å². The van der Waals surface area contributed by atoms with Crippen LogP contribution in [0.1, 0.15) is 51.8 Å². The van der Waals surface area contributed by atoms with E-state index >= 15 is 0 Å². The highest BCUT2D eigenvalue weighted by atomic mass is 16.3. The van der Waals surface area contributed by atoms with E-state index in [4.69, 9.17) is 4.42 Å². The Balaban J connectivity index is 1.89. The highest BCUT2D eigenvalue weighted by molar-refractivity contribution is 5.77. The number of oxazole rings is 1. The molecule has 0 aliphatic rings. The van der Waals surface area contributed by atoms with Gasteiger partial charge < -0.3 is 9.73 Å². The van der Waals surface area contributed by atoms with E-state index in [1.165, 1.54) is 32.1 Å². The third-order valence-electron chi connectivity index (χ3n) is 3.40. The number of nitrogens with zero attached hydrogens (tertiary/aromatic N) is 1. The molecule has 0 aliphatic heterocycles. The molecule has 19 heavy (non-hydrogen) atoms. The zero-order chi connectivity index (χ0) is 13.7. The Labute approximate surface area is 115 Å². The Morgan fingerprint density at radius 2 is 2.11 bits per heavy atom. The molecule has 0 aliphatic carbocycles. The topological polar surface area (TPSA) is 38.1 Å². The quantitative estimate of drug-likeness (QED) is 0.719.